The van der Waals surface area contributed by atoms with Crippen LogP contribution in [0.15, 0.2) is 12.1 Å². The molecule has 94 valence electrons. The van der Waals surface area contributed by atoms with Gasteiger partial charge in [-0.25, -0.2) is 0 Å². The van der Waals surface area contributed by atoms with Crippen molar-refractivity contribution in [2.45, 2.75) is 31.9 Å². The summed E-state index contributed by atoms with van der Waals surface area (Å²) >= 11 is 0. The topological polar surface area (TPSA) is 69.4 Å². The van der Waals surface area contributed by atoms with E-state index in [9.17, 15) is 0 Å². The van der Waals surface area contributed by atoms with Crippen LogP contribution in [0.25, 0.3) is 0 Å². The standard InChI is InChI=1S/C12H19N3O2/c1-3-17-9-6-8(7-9)14-12-10(13)4-5-11(15-12)16-2/h4-5,8-9H,3,6-7,13H2,1-2H3,(H,14,15). The van der Waals surface area contributed by atoms with Crippen LogP contribution in [0.5, 0.6) is 5.88 Å². The molecule has 1 heterocycles. The molecule has 1 aromatic heterocycles. The number of ether oxygens (including phenoxy) is 2. The molecule has 0 amide bonds. The van der Waals surface area contributed by atoms with E-state index in [-0.39, 0.29) is 0 Å². The molecule has 1 fully saturated rings. The lowest BCUT2D eigenvalue weighted by Gasteiger charge is -2.35. The van der Waals surface area contributed by atoms with Crippen LogP contribution >= 0.6 is 0 Å². The molecular weight excluding hydrogens is 218 g/mol. The molecule has 1 aliphatic rings. The van der Waals surface area contributed by atoms with E-state index in [0.717, 1.165) is 19.4 Å². The van der Waals surface area contributed by atoms with Crippen molar-refractivity contribution in [1.82, 2.24) is 4.98 Å². The van der Waals surface area contributed by atoms with E-state index >= 15 is 0 Å². The smallest absolute Gasteiger partial charge is 0.215 e. The van der Waals surface area contributed by atoms with Crippen LogP contribution in [-0.4, -0.2) is 30.8 Å². The zero-order chi connectivity index (χ0) is 12.3. The average Bonchev–Trinajstić information content (AvgIpc) is 2.29. The minimum atomic E-state index is 0.379. The zero-order valence-corrected chi connectivity index (χ0v) is 10.3. The van der Waals surface area contributed by atoms with Crippen molar-refractivity contribution in [3.63, 3.8) is 0 Å². The second kappa shape index (κ2) is 5.23. The lowest BCUT2D eigenvalue weighted by molar-refractivity contribution is 0.00293. The summed E-state index contributed by atoms with van der Waals surface area (Å²) in [5.41, 5.74) is 6.50. The molecule has 0 radical (unpaired) electrons. The highest BCUT2D eigenvalue weighted by Gasteiger charge is 2.30. The first kappa shape index (κ1) is 12.0. The van der Waals surface area contributed by atoms with Gasteiger partial charge in [-0.2, -0.15) is 4.98 Å². The van der Waals surface area contributed by atoms with E-state index < -0.39 is 0 Å². The molecule has 5 nitrogen and oxygen atoms in total. The van der Waals surface area contributed by atoms with Gasteiger partial charge in [0.25, 0.3) is 0 Å². The number of rotatable bonds is 5. The quantitative estimate of drug-likeness (QED) is 0.815. The third-order valence-corrected chi connectivity index (χ3v) is 2.95. The molecule has 0 atom stereocenters. The number of nitrogens with two attached hydrogens (primary N) is 1. The third kappa shape index (κ3) is 2.79. The van der Waals surface area contributed by atoms with E-state index in [1.165, 1.54) is 0 Å². The molecule has 5 heteroatoms. The number of aromatic nitrogens is 1. The summed E-state index contributed by atoms with van der Waals surface area (Å²) < 4.78 is 10.6. The van der Waals surface area contributed by atoms with Crippen LogP contribution in [0.2, 0.25) is 0 Å². The fourth-order valence-corrected chi connectivity index (χ4v) is 1.93. The molecule has 1 aromatic rings. The molecule has 0 unspecified atom stereocenters. The van der Waals surface area contributed by atoms with Crippen molar-refractivity contribution in [2.24, 2.45) is 0 Å². The molecule has 1 aliphatic carbocycles. The summed E-state index contributed by atoms with van der Waals surface area (Å²) in [7, 11) is 1.59. The van der Waals surface area contributed by atoms with Gasteiger partial charge >= 0.3 is 0 Å². The fraction of sp³-hybridized carbons (Fsp3) is 0.583. The zero-order valence-electron chi connectivity index (χ0n) is 10.3. The molecule has 17 heavy (non-hydrogen) atoms. The summed E-state index contributed by atoms with van der Waals surface area (Å²) in [6, 6.07) is 3.95. The van der Waals surface area contributed by atoms with E-state index in [1.54, 1.807) is 19.2 Å². The maximum atomic E-state index is 5.85. The predicted octanol–water partition coefficient (Wildman–Crippen LogP) is 1.65. The van der Waals surface area contributed by atoms with Crippen LogP contribution in [0.4, 0.5) is 11.5 Å². The maximum absolute atomic E-state index is 5.85. The van der Waals surface area contributed by atoms with E-state index in [1.807, 2.05) is 6.92 Å². The Kier molecular flexibility index (Phi) is 3.68. The van der Waals surface area contributed by atoms with Gasteiger partial charge in [0, 0.05) is 18.7 Å². The lowest BCUT2D eigenvalue weighted by atomic mass is 9.89. The minimum Gasteiger partial charge on any atom is -0.481 e. The van der Waals surface area contributed by atoms with Gasteiger partial charge in [0.15, 0.2) is 5.82 Å². The Hall–Kier alpha value is -1.49. The van der Waals surface area contributed by atoms with Gasteiger partial charge in [-0.05, 0) is 25.8 Å². The highest BCUT2D eigenvalue weighted by molar-refractivity contribution is 5.62. The first-order valence-electron chi connectivity index (χ1n) is 5.91. The van der Waals surface area contributed by atoms with Crippen molar-refractivity contribution in [1.29, 1.82) is 0 Å². The molecule has 0 spiro atoms. The number of nitrogen functional groups attached to an aromatic ring is 1. The molecule has 0 aromatic carbocycles. The van der Waals surface area contributed by atoms with Gasteiger partial charge in [-0.3, -0.25) is 0 Å². The number of methoxy groups -OCH3 is 1. The Bertz CT molecular complexity index is 378. The van der Waals surface area contributed by atoms with Gasteiger partial charge in [-0.15, -0.1) is 0 Å². The number of nitrogens with zero attached hydrogens (tertiary/aromatic N) is 1. The Morgan fingerprint density at radius 3 is 2.88 bits per heavy atom. The number of nitrogens with one attached hydrogen (secondary N) is 1. The summed E-state index contributed by atoms with van der Waals surface area (Å²) in [6.45, 7) is 2.79. The number of pyridine rings is 1. The van der Waals surface area contributed by atoms with Gasteiger partial charge in [0.2, 0.25) is 5.88 Å². The van der Waals surface area contributed by atoms with Crippen LogP contribution < -0.4 is 15.8 Å². The van der Waals surface area contributed by atoms with Crippen LogP contribution in [0.3, 0.4) is 0 Å². The van der Waals surface area contributed by atoms with Crippen LogP contribution in [0.1, 0.15) is 19.8 Å². The van der Waals surface area contributed by atoms with Crippen molar-refractivity contribution in [3.05, 3.63) is 12.1 Å². The molecule has 3 N–H and O–H groups in total. The van der Waals surface area contributed by atoms with Crippen molar-refractivity contribution >= 4 is 11.5 Å². The molecule has 1 saturated carbocycles. The third-order valence-electron chi connectivity index (χ3n) is 2.95. The Balaban J connectivity index is 1.91. The average molecular weight is 237 g/mol. The van der Waals surface area contributed by atoms with Crippen molar-refractivity contribution in [2.75, 3.05) is 24.8 Å². The lowest BCUT2D eigenvalue weighted by Crippen LogP contribution is -2.41. The van der Waals surface area contributed by atoms with Crippen LogP contribution in [-0.2, 0) is 4.74 Å². The normalized spacial score (nSPS) is 22.9. The second-order valence-electron chi connectivity index (χ2n) is 4.18. The highest BCUT2D eigenvalue weighted by Crippen LogP contribution is 2.29. The minimum absolute atomic E-state index is 0.379. The number of hydrogen-bond acceptors (Lipinski definition) is 5. The summed E-state index contributed by atoms with van der Waals surface area (Å²) in [5.74, 6) is 1.27. The Morgan fingerprint density at radius 1 is 1.47 bits per heavy atom. The van der Waals surface area contributed by atoms with Crippen LogP contribution in [0, 0.1) is 0 Å². The first-order valence-corrected chi connectivity index (χ1v) is 5.91. The van der Waals surface area contributed by atoms with E-state index in [2.05, 4.69) is 10.3 Å². The SMILES string of the molecule is CCOC1CC(Nc2nc(OC)ccc2N)C1. The van der Waals surface area contributed by atoms with E-state index in [4.69, 9.17) is 15.2 Å². The predicted molar refractivity (Wildman–Crippen MR) is 67.3 cm³/mol. The highest BCUT2D eigenvalue weighted by atomic mass is 16.5. The largest absolute Gasteiger partial charge is 0.481 e. The molecule has 0 saturated heterocycles. The summed E-state index contributed by atoms with van der Waals surface area (Å²) in [4.78, 5) is 4.28. The fourth-order valence-electron chi connectivity index (χ4n) is 1.93. The number of hydrogen-bond donors (Lipinski definition) is 2. The Labute approximate surface area is 101 Å². The molecule has 0 aliphatic heterocycles. The molecular formula is C12H19N3O2. The van der Waals surface area contributed by atoms with Crippen molar-refractivity contribution in [3.8, 4) is 5.88 Å². The van der Waals surface area contributed by atoms with Crippen molar-refractivity contribution < 1.29 is 9.47 Å². The maximum Gasteiger partial charge on any atom is 0.215 e. The second-order valence-corrected chi connectivity index (χ2v) is 4.18. The molecule has 0 bridgehead atoms. The van der Waals surface area contributed by atoms with Gasteiger partial charge in [-0.1, -0.05) is 0 Å². The van der Waals surface area contributed by atoms with E-state index in [0.29, 0.717) is 29.5 Å². The van der Waals surface area contributed by atoms with Gasteiger partial charge in [0.1, 0.15) is 0 Å². The Morgan fingerprint density at radius 2 is 2.24 bits per heavy atom. The molecule has 2 rings (SSSR count). The summed E-state index contributed by atoms with van der Waals surface area (Å²) in [6.07, 6.45) is 2.39. The van der Waals surface area contributed by atoms with Gasteiger partial charge < -0.3 is 20.5 Å². The number of anilines is 2. The summed E-state index contributed by atoms with van der Waals surface area (Å²) in [5, 5.41) is 3.31. The first-order chi connectivity index (χ1) is 8.22. The van der Waals surface area contributed by atoms with Gasteiger partial charge in [0.05, 0.1) is 18.9 Å². The monoisotopic (exact) mass is 237 g/mol.